The maximum Gasteiger partial charge on any atom is 0.224 e. The molecule has 1 unspecified atom stereocenters. The van der Waals surface area contributed by atoms with Crippen molar-refractivity contribution >= 4 is 5.91 Å². The lowest BCUT2D eigenvalue weighted by Crippen LogP contribution is -2.30. The minimum Gasteiger partial charge on any atom is -0.487 e. The van der Waals surface area contributed by atoms with Gasteiger partial charge in [-0.2, -0.15) is 0 Å². The smallest absolute Gasteiger partial charge is 0.224 e. The molecule has 3 aromatic rings. The maximum atomic E-state index is 12.4. The van der Waals surface area contributed by atoms with Crippen LogP contribution in [0.3, 0.4) is 0 Å². The van der Waals surface area contributed by atoms with Crippen molar-refractivity contribution in [3.8, 4) is 5.75 Å². The van der Waals surface area contributed by atoms with Gasteiger partial charge >= 0.3 is 0 Å². The van der Waals surface area contributed by atoms with Crippen molar-refractivity contribution in [2.75, 3.05) is 0 Å². The van der Waals surface area contributed by atoms with Gasteiger partial charge in [0, 0.05) is 6.20 Å². The Balaban J connectivity index is 1.28. The van der Waals surface area contributed by atoms with E-state index in [4.69, 9.17) is 4.74 Å². The van der Waals surface area contributed by atoms with Crippen LogP contribution >= 0.6 is 0 Å². The van der Waals surface area contributed by atoms with Crippen molar-refractivity contribution in [1.29, 1.82) is 0 Å². The summed E-state index contributed by atoms with van der Waals surface area (Å²) in [4.78, 5) is 16.6. The molecule has 2 aromatic heterocycles. The number of hydrogen-bond donors (Lipinski definition) is 1. The van der Waals surface area contributed by atoms with Crippen LogP contribution < -0.4 is 10.1 Å². The number of nitrogens with zero attached hydrogens (tertiary/aromatic N) is 5. The van der Waals surface area contributed by atoms with Gasteiger partial charge in [-0.25, -0.2) is 4.68 Å². The van der Waals surface area contributed by atoms with Gasteiger partial charge in [-0.3, -0.25) is 9.78 Å². The summed E-state index contributed by atoms with van der Waals surface area (Å²) in [6.45, 7) is 2.31. The fourth-order valence-corrected chi connectivity index (χ4v) is 2.95. The van der Waals surface area contributed by atoms with Gasteiger partial charge in [0.2, 0.25) is 5.91 Å². The van der Waals surface area contributed by atoms with Crippen LogP contribution in [-0.2, 0) is 17.8 Å². The average molecular weight is 378 g/mol. The third-order valence-corrected chi connectivity index (χ3v) is 4.58. The highest BCUT2D eigenvalue weighted by molar-refractivity contribution is 5.78. The second-order valence-corrected chi connectivity index (χ2v) is 6.93. The molecule has 0 saturated heterocycles. The predicted molar refractivity (Wildman–Crippen MR) is 101 cm³/mol. The molecule has 0 bridgehead atoms. The summed E-state index contributed by atoms with van der Waals surface area (Å²) in [6, 6.07) is 13.4. The average Bonchev–Trinajstić information content (AvgIpc) is 3.44. The molecule has 1 aromatic carbocycles. The van der Waals surface area contributed by atoms with Crippen molar-refractivity contribution in [3.63, 3.8) is 0 Å². The fourth-order valence-electron chi connectivity index (χ4n) is 2.95. The summed E-state index contributed by atoms with van der Waals surface area (Å²) in [5.41, 5.74) is 1.78. The van der Waals surface area contributed by atoms with Gasteiger partial charge in [0.05, 0.1) is 24.2 Å². The minimum atomic E-state index is -0.232. The van der Waals surface area contributed by atoms with E-state index in [1.54, 1.807) is 6.20 Å². The minimum absolute atomic E-state index is 0.0694. The Bertz CT molecular complexity index is 921. The van der Waals surface area contributed by atoms with Gasteiger partial charge < -0.3 is 10.1 Å². The zero-order valence-corrected chi connectivity index (χ0v) is 15.7. The molecule has 2 heterocycles. The summed E-state index contributed by atoms with van der Waals surface area (Å²) < 4.78 is 7.54. The first-order chi connectivity index (χ1) is 13.7. The Morgan fingerprint density at radius 2 is 2.07 bits per heavy atom. The van der Waals surface area contributed by atoms with E-state index in [0.717, 1.165) is 29.8 Å². The Morgan fingerprint density at radius 1 is 1.25 bits per heavy atom. The molecule has 1 amide bonds. The lowest BCUT2D eigenvalue weighted by molar-refractivity contribution is -0.121. The van der Waals surface area contributed by atoms with Crippen LogP contribution in [0.25, 0.3) is 0 Å². The summed E-state index contributed by atoms with van der Waals surface area (Å²) >= 11 is 0. The van der Waals surface area contributed by atoms with Crippen molar-refractivity contribution in [2.24, 2.45) is 0 Å². The van der Waals surface area contributed by atoms with Crippen LogP contribution in [0.4, 0.5) is 0 Å². The first-order valence-electron chi connectivity index (χ1n) is 9.38. The zero-order chi connectivity index (χ0) is 19.3. The Morgan fingerprint density at radius 3 is 2.79 bits per heavy atom. The number of ether oxygens (including phenoxy) is 1. The number of hydrogen-bond acceptors (Lipinski definition) is 6. The number of tetrazole rings is 1. The molecule has 1 aliphatic carbocycles. The summed E-state index contributed by atoms with van der Waals surface area (Å²) in [5, 5.41) is 14.8. The van der Waals surface area contributed by atoms with Gasteiger partial charge in [-0.15, -0.1) is 5.10 Å². The number of carbonyl (C=O) groups excluding carboxylic acids is 1. The molecule has 8 nitrogen and oxygen atoms in total. The van der Waals surface area contributed by atoms with E-state index >= 15 is 0 Å². The van der Waals surface area contributed by atoms with E-state index in [2.05, 4.69) is 25.8 Å². The zero-order valence-electron chi connectivity index (χ0n) is 15.7. The number of benzene rings is 1. The molecule has 4 rings (SSSR count). The van der Waals surface area contributed by atoms with E-state index in [1.165, 1.54) is 0 Å². The Labute approximate surface area is 162 Å². The van der Waals surface area contributed by atoms with Gasteiger partial charge in [0.25, 0.3) is 0 Å². The van der Waals surface area contributed by atoms with E-state index < -0.39 is 0 Å². The lowest BCUT2D eigenvalue weighted by atomic mass is 10.1. The molecule has 28 heavy (non-hydrogen) atoms. The number of pyridine rings is 1. The highest BCUT2D eigenvalue weighted by Crippen LogP contribution is 2.35. The van der Waals surface area contributed by atoms with Crippen LogP contribution in [0, 0.1) is 0 Å². The number of carbonyl (C=O) groups is 1. The molecule has 1 fully saturated rings. The number of aromatic nitrogens is 5. The van der Waals surface area contributed by atoms with E-state index in [9.17, 15) is 4.79 Å². The van der Waals surface area contributed by atoms with Crippen molar-refractivity contribution in [1.82, 2.24) is 30.5 Å². The van der Waals surface area contributed by atoms with Crippen LogP contribution in [0.1, 0.15) is 48.9 Å². The Hall–Kier alpha value is -3.29. The first kappa shape index (κ1) is 18.1. The molecule has 1 saturated carbocycles. The van der Waals surface area contributed by atoms with E-state index in [0.29, 0.717) is 18.5 Å². The third kappa shape index (κ3) is 4.51. The molecule has 0 aliphatic heterocycles. The Kier molecular flexibility index (Phi) is 5.27. The van der Waals surface area contributed by atoms with Crippen molar-refractivity contribution < 1.29 is 9.53 Å². The van der Waals surface area contributed by atoms with Crippen LogP contribution in [-0.4, -0.2) is 31.1 Å². The maximum absolute atomic E-state index is 12.4. The highest BCUT2D eigenvalue weighted by Gasteiger charge is 2.29. The van der Waals surface area contributed by atoms with Gasteiger partial charge in [0.1, 0.15) is 12.4 Å². The fraction of sp³-hybridized carbons (Fsp3) is 0.350. The van der Waals surface area contributed by atoms with E-state index in [1.807, 2.05) is 54.1 Å². The number of amides is 1. The molecule has 1 aliphatic rings. The number of rotatable bonds is 8. The topological polar surface area (TPSA) is 94.8 Å². The summed E-state index contributed by atoms with van der Waals surface area (Å²) in [7, 11) is 0. The molecular weight excluding hydrogens is 356 g/mol. The highest BCUT2D eigenvalue weighted by atomic mass is 16.5. The van der Waals surface area contributed by atoms with Crippen molar-refractivity contribution in [2.45, 2.75) is 44.9 Å². The molecule has 0 radical (unpaired) electrons. The standard InChI is InChI=1S/C20H22N6O2/c1-14(20-23-24-25-26(20)17-7-8-17)22-19(27)12-15-5-9-18(10-6-15)28-13-16-4-2-3-11-21-16/h2-6,9-11,14,17H,7-8,12-13H2,1H3,(H,22,27). The largest absolute Gasteiger partial charge is 0.487 e. The van der Waals surface area contributed by atoms with Gasteiger partial charge in [-0.05, 0) is 60.0 Å². The quantitative estimate of drug-likeness (QED) is 0.647. The third-order valence-electron chi connectivity index (χ3n) is 4.58. The van der Waals surface area contributed by atoms with Gasteiger partial charge in [-0.1, -0.05) is 18.2 Å². The second kappa shape index (κ2) is 8.16. The van der Waals surface area contributed by atoms with Gasteiger partial charge in [0.15, 0.2) is 5.82 Å². The molecular formula is C20H22N6O2. The molecule has 1 N–H and O–H groups in total. The SMILES string of the molecule is CC(NC(=O)Cc1ccc(OCc2ccccn2)cc1)c1nnnn1C1CC1. The normalized spacial score (nSPS) is 14.5. The van der Waals surface area contributed by atoms with Crippen LogP contribution in [0.2, 0.25) is 0 Å². The van der Waals surface area contributed by atoms with Crippen LogP contribution in [0.5, 0.6) is 5.75 Å². The molecule has 8 heteroatoms. The molecule has 1 atom stereocenters. The van der Waals surface area contributed by atoms with Crippen LogP contribution in [0.15, 0.2) is 48.7 Å². The summed E-state index contributed by atoms with van der Waals surface area (Å²) in [6.07, 6.45) is 4.21. The lowest BCUT2D eigenvalue weighted by Gasteiger charge is -2.13. The predicted octanol–water partition coefficient (Wildman–Crippen LogP) is 2.40. The summed E-state index contributed by atoms with van der Waals surface area (Å²) in [5.74, 6) is 1.38. The molecule has 144 valence electrons. The molecule has 0 spiro atoms. The number of nitrogens with one attached hydrogen (secondary N) is 1. The van der Waals surface area contributed by atoms with Crippen molar-refractivity contribution in [3.05, 3.63) is 65.7 Å². The first-order valence-corrected chi connectivity index (χ1v) is 9.38. The second-order valence-electron chi connectivity index (χ2n) is 6.93. The van der Waals surface area contributed by atoms with E-state index in [-0.39, 0.29) is 18.4 Å². The monoisotopic (exact) mass is 378 g/mol.